The van der Waals surface area contributed by atoms with Crippen molar-refractivity contribution in [2.45, 2.75) is 6.92 Å². The van der Waals surface area contributed by atoms with Gasteiger partial charge in [-0.3, -0.25) is 4.79 Å². The van der Waals surface area contributed by atoms with Gasteiger partial charge >= 0.3 is 0 Å². The second-order valence-corrected chi connectivity index (χ2v) is 6.24. The van der Waals surface area contributed by atoms with Crippen molar-refractivity contribution >= 4 is 28.1 Å². The fourth-order valence-electron chi connectivity index (χ4n) is 2.56. The average Bonchev–Trinajstić information content (AvgIpc) is 2.65. The van der Waals surface area contributed by atoms with Crippen LogP contribution in [0.5, 0.6) is 5.75 Å². The average molecular weight is 346 g/mol. The third kappa shape index (κ3) is 4.86. The summed E-state index contributed by atoms with van der Waals surface area (Å²) in [5.74, 6) is 0.640. The zero-order chi connectivity index (χ0) is 18.4. The first kappa shape index (κ1) is 17.5. The molecule has 4 heteroatoms. The summed E-state index contributed by atoms with van der Waals surface area (Å²) in [6.45, 7) is 6.39. The molecule has 4 nitrogen and oxygen atoms in total. The molecular formula is C22H22N2O2. The highest BCUT2D eigenvalue weighted by atomic mass is 16.5. The zero-order valence-corrected chi connectivity index (χ0v) is 14.8. The Kier molecular flexibility index (Phi) is 5.54. The molecule has 0 spiro atoms. The lowest BCUT2D eigenvalue weighted by Gasteiger charge is -2.10. The molecule has 3 aromatic carbocycles. The third-order valence-corrected chi connectivity index (χ3v) is 3.81. The molecule has 0 aliphatic carbocycles. The summed E-state index contributed by atoms with van der Waals surface area (Å²) < 4.78 is 5.61. The molecule has 0 saturated heterocycles. The Morgan fingerprint density at radius 2 is 1.77 bits per heavy atom. The van der Waals surface area contributed by atoms with Crippen molar-refractivity contribution in [1.82, 2.24) is 0 Å². The molecule has 0 atom stereocenters. The van der Waals surface area contributed by atoms with Crippen LogP contribution in [-0.4, -0.2) is 19.1 Å². The predicted octanol–water partition coefficient (Wildman–Crippen LogP) is 4.85. The van der Waals surface area contributed by atoms with Crippen LogP contribution in [0, 0.1) is 0 Å². The minimum atomic E-state index is -0.103. The van der Waals surface area contributed by atoms with Crippen LogP contribution in [0.1, 0.15) is 6.92 Å². The summed E-state index contributed by atoms with van der Waals surface area (Å²) in [6.07, 6.45) is 0. The molecular weight excluding hydrogens is 324 g/mol. The molecule has 3 rings (SSSR count). The SMILES string of the molecule is C=C(C)COc1cccc(NCC(=O)Nc2ccc3ccccc3c2)c1. The molecule has 132 valence electrons. The third-order valence-electron chi connectivity index (χ3n) is 3.81. The second-order valence-electron chi connectivity index (χ2n) is 6.24. The lowest BCUT2D eigenvalue weighted by molar-refractivity contribution is -0.114. The van der Waals surface area contributed by atoms with E-state index in [-0.39, 0.29) is 12.5 Å². The van der Waals surface area contributed by atoms with Gasteiger partial charge in [-0.15, -0.1) is 0 Å². The summed E-state index contributed by atoms with van der Waals surface area (Å²) in [6, 6.07) is 21.5. The Balaban J connectivity index is 1.56. The van der Waals surface area contributed by atoms with Gasteiger partial charge in [-0.1, -0.05) is 43.0 Å². The molecule has 0 unspecified atom stereocenters. The standard InChI is InChI=1S/C22H22N2O2/c1-16(2)15-26-21-9-5-8-19(13-21)23-14-22(25)24-20-11-10-17-6-3-4-7-18(17)12-20/h3-13,23H,1,14-15H2,2H3,(H,24,25). The molecule has 0 aliphatic heterocycles. The zero-order valence-electron chi connectivity index (χ0n) is 14.8. The number of fused-ring (bicyclic) bond motifs is 1. The number of carbonyl (C=O) groups is 1. The number of hydrogen-bond donors (Lipinski definition) is 2. The number of amides is 1. The maximum absolute atomic E-state index is 12.2. The van der Waals surface area contributed by atoms with Gasteiger partial charge in [-0.2, -0.15) is 0 Å². The van der Waals surface area contributed by atoms with Crippen molar-refractivity contribution in [3.8, 4) is 5.75 Å². The molecule has 26 heavy (non-hydrogen) atoms. The molecule has 0 aromatic heterocycles. The number of nitrogens with one attached hydrogen (secondary N) is 2. The van der Waals surface area contributed by atoms with E-state index < -0.39 is 0 Å². The maximum Gasteiger partial charge on any atom is 0.243 e. The Hall–Kier alpha value is -3.27. The van der Waals surface area contributed by atoms with E-state index in [0.717, 1.165) is 33.5 Å². The highest BCUT2D eigenvalue weighted by molar-refractivity contribution is 5.96. The first-order valence-electron chi connectivity index (χ1n) is 8.50. The van der Waals surface area contributed by atoms with Gasteiger partial charge in [0.25, 0.3) is 0 Å². The minimum absolute atomic E-state index is 0.103. The number of rotatable bonds is 7. The lowest BCUT2D eigenvalue weighted by Crippen LogP contribution is -2.21. The summed E-state index contributed by atoms with van der Waals surface area (Å²) in [5, 5.41) is 8.28. The quantitative estimate of drug-likeness (QED) is 0.602. The van der Waals surface area contributed by atoms with Gasteiger partial charge < -0.3 is 15.4 Å². The van der Waals surface area contributed by atoms with E-state index in [9.17, 15) is 4.79 Å². The molecule has 1 amide bonds. The summed E-state index contributed by atoms with van der Waals surface area (Å²) in [4.78, 5) is 12.2. The maximum atomic E-state index is 12.2. The lowest BCUT2D eigenvalue weighted by atomic mass is 10.1. The first-order chi connectivity index (χ1) is 12.6. The Morgan fingerprint density at radius 3 is 2.58 bits per heavy atom. The van der Waals surface area contributed by atoms with Crippen molar-refractivity contribution in [3.63, 3.8) is 0 Å². The minimum Gasteiger partial charge on any atom is -0.489 e. The highest BCUT2D eigenvalue weighted by Crippen LogP contribution is 2.19. The van der Waals surface area contributed by atoms with E-state index in [2.05, 4.69) is 17.2 Å². The van der Waals surface area contributed by atoms with Crippen LogP contribution in [0.3, 0.4) is 0 Å². The van der Waals surface area contributed by atoms with E-state index in [1.165, 1.54) is 0 Å². The van der Waals surface area contributed by atoms with E-state index >= 15 is 0 Å². The van der Waals surface area contributed by atoms with Crippen molar-refractivity contribution in [2.75, 3.05) is 23.8 Å². The van der Waals surface area contributed by atoms with Gasteiger partial charge in [0.15, 0.2) is 0 Å². The molecule has 0 bridgehead atoms. The van der Waals surface area contributed by atoms with Crippen molar-refractivity contribution in [1.29, 1.82) is 0 Å². The predicted molar refractivity (Wildman–Crippen MR) is 108 cm³/mol. The van der Waals surface area contributed by atoms with Crippen molar-refractivity contribution in [2.24, 2.45) is 0 Å². The van der Waals surface area contributed by atoms with Gasteiger partial charge in [-0.05, 0) is 47.5 Å². The van der Waals surface area contributed by atoms with Crippen LogP contribution in [0.4, 0.5) is 11.4 Å². The summed E-state index contributed by atoms with van der Waals surface area (Å²) in [7, 11) is 0. The number of benzene rings is 3. The van der Waals surface area contributed by atoms with Crippen LogP contribution in [0.2, 0.25) is 0 Å². The fourth-order valence-corrected chi connectivity index (χ4v) is 2.56. The summed E-state index contributed by atoms with van der Waals surface area (Å²) >= 11 is 0. The number of hydrogen-bond acceptors (Lipinski definition) is 3. The molecule has 0 fully saturated rings. The topological polar surface area (TPSA) is 50.4 Å². The number of ether oxygens (including phenoxy) is 1. The molecule has 0 heterocycles. The second kappa shape index (κ2) is 8.21. The molecule has 2 N–H and O–H groups in total. The van der Waals surface area contributed by atoms with Crippen LogP contribution < -0.4 is 15.4 Å². The van der Waals surface area contributed by atoms with E-state index in [1.807, 2.05) is 73.7 Å². The van der Waals surface area contributed by atoms with Crippen LogP contribution >= 0.6 is 0 Å². The Morgan fingerprint density at radius 1 is 0.962 bits per heavy atom. The number of carbonyl (C=O) groups excluding carboxylic acids is 1. The highest BCUT2D eigenvalue weighted by Gasteiger charge is 2.04. The van der Waals surface area contributed by atoms with E-state index in [1.54, 1.807) is 0 Å². The van der Waals surface area contributed by atoms with Crippen LogP contribution in [0.15, 0.2) is 78.9 Å². The Labute approximate surface area is 153 Å². The van der Waals surface area contributed by atoms with Crippen LogP contribution in [0.25, 0.3) is 10.8 Å². The van der Waals surface area contributed by atoms with Crippen LogP contribution in [-0.2, 0) is 4.79 Å². The molecule has 0 aliphatic rings. The molecule has 0 saturated carbocycles. The summed E-state index contributed by atoms with van der Waals surface area (Å²) in [5.41, 5.74) is 2.57. The van der Waals surface area contributed by atoms with Gasteiger partial charge in [0.2, 0.25) is 5.91 Å². The van der Waals surface area contributed by atoms with Gasteiger partial charge in [0, 0.05) is 17.4 Å². The first-order valence-corrected chi connectivity index (χ1v) is 8.50. The van der Waals surface area contributed by atoms with Crippen molar-refractivity contribution in [3.05, 3.63) is 78.9 Å². The van der Waals surface area contributed by atoms with Gasteiger partial charge in [-0.25, -0.2) is 0 Å². The monoisotopic (exact) mass is 346 g/mol. The molecule has 3 aromatic rings. The number of anilines is 2. The Bertz CT molecular complexity index is 934. The largest absolute Gasteiger partial charge is 0.489 e. The molecule has 0 radical (unpaired) electrons. The van der Waals surface area contributed by atoms with Gasteiger partial charge in [0.05, 0.1) is 6.54 Å². The van der Waals surface area contributed by atoms with Crippen molar-refractivity contribution < 1.29 is 9.53 Å². The smallest absolute Gasteiger partial charge is 0.243 e. The normalized spacial score (nSPS) is 10.3. The van der Waals surface area contributed by atoms with E-state index in [4.69, 9.17) is 4.74 Å². The van der Waals surface area contributed by atoms with E-state index in [0.29, 0.717) is 6.61 Å². The fraction of sp³-hybridized carbons (Fsp3) is 0.136. The van der Waals surface area contributed by atoms with Gasteiger partial charge in [0.1, 0.15) is 12.4 Å².